The number of rotatable bonds is 6. The van der Waals surface area contributed by atoms with E-state index in [2.05, 4.69) is 20.4 Å². The summed E-state index contributed by atoms with van der Waals surface area (Å²) in [4.78, 5) is 9.41. The number of pyridine rings is 2. The molecule has 4 aromatic heterocycles. The van der Waals surface area contributed by atoms with Crippen molar-refractivity contribution in [2.75, 3.05) is 0 Å². The van der Waals surface area contributed by atoms with Gasteiger partial charge in [-0.1, -0.05) is 78.9 Å². The molecule has 190 valence electrons. The topological polar surface area (TPSA) is 104 Å². The van der Waals surface area contributed by atoms with Crippen LogP contribution in [0, 0.1) is 0 Å². The summed E-state index contributed by atoms with van der Waals surface area (Å²) in [5.41, 5.74) is 6.33. The second-order valence-electron chi connectivity index (χ2n) is 8.95. The summed E-state index contributed by atoms with van der Waals surface area (Å²) in [6.45, 7) is 0. The maximum atomic E-state index is 6.01. The maximum absolute atomic E-state index is 6.01. The van der Waals surface area contributed by atoms with Gasteiger partial charge in [-0.25, -0.2) is 9.97 Å². The van der Waals surface area contributed by atoms with E-state index in [4.69, 9.17) is 18.8 Å². The van der Waals surface area contributed by atoms with Crippen molar-refractivity contribution in [2.24, 2.45) is 0 Å². The van der Waals surface area contributed by atoms with Gasteiger partial charge in [0.2, 0.25) is 11.8 Å². The Morgan fingerprint density at radius 3 is 1.18 bits per heavy atom. The van der Waals surface area contributed by atoms with Crippen LogP contribution in [0.1, 0.15) is 0 Å². The van der Waals surface area contributed by atoms with Crippen LogP contribution in [0.5, 0.6) is 0 Å². The molecule has 3 aromatic carbocycles. The highest BCUT2D eigenvalue weighted by atomic mass is 16.4. The van der Waals surface area contributed by atoms with Gasteiger partial charge in [-0.05, 0) is 42.5 Å². The van der Waals surface area contributed by atoms with Gasteiger partial charge >= 0.3 is 0 Å². The van der Waals surface area contributed by atoms with E-state index in [1.165, 1.54) is 0 Å². The standard InChI is InChI=1S/C32H20N6O2/c1-3-10-21(11-4-1)25-16-8-18-27(33-25)31-37-35-29(39-31)23-14-7-15-24(20-23)30-36-38-32(40-30)28-19-9-17-26(34-28)22-12-5-2-6-13-22/h1-20H. The highest BCUT2D eigenvalue weighted by Crippen LogP contribution is 2.30. The molecular weight excluding hydrogens is 500 g/mol. The van der Waals surface area contributed by atoms with Crippen LogP contribution in [0.25, 0.3) is 68.6 Å². The van der Waals surface area contributed by atoms with E-state index in [-0.39, 0.29) is 0 Å². The summed E-state index contributed by atoms with van der Waals surface area (Å²) >= 11 is 0. The molecular formula is C32H20N6O2. The van der Waals surface area contributed by atoms with Crippen LogP contribution >= 0.6 is 0 Å². The summed E-state index contributed by atoms with van der Waals surface area (Å²) in [7, 11) is 0. The lowest BCUT2D eigenvalue weighted by atomic mass is 10.1. The first-order chi connectivity index (χ1) is 19.8. The Balaban J connectivity index is 1.15. The Labute approximate surface area is 229 Å². The smallest absolute Gasteiger partial charge is 0.266 e. The molecule has 0 bridgehead atoms. The molecule has 0 spiro atoms. The van der Waals surface area contributed by atoms with E-state index in [9.17, 15) is 0 Å². The largest absolute Gasteiger partial charge is 0.415 e. The SMILES string of the molecule is c1ccc(-c2cccc(-c3nnc(-c4cccc(-c5nnc(-c6cccc(-c7ccccc7)n6)o5)c4)o3)n2)cc1. The highest BCUT2D eigenvalue weighted by Gasteiger charge is 2.16. The fraction of sp³-hybridized carbons (Fsp3) is 0. The van der Waals surface area contributed by atoms with Crippen LogP contribution < -0.4 is 0 Å². The van der Waals surface area contributed by atoms with Gasteiger partial charge in [0.1, 0.15) is 11.4 Å². The van der Waals surface area contributed by atoms with E-state index in [1.807, 2.05) is 121 Å². The number of nitrogens with zero attached hydrogens (tertiary/aromatic N) is 6. The van der Waals surface area contributed by atoms with Crippen LogP contribution in [0.3, 0.4) is 0 Å². The van der Waals surface area contributed by atoms with Crippen LogP contribution in [0.15, 0.2) is 130 Å². The molecule has 0 aliphatic rings. The van der Waals surface area contributed by atoms with Gasteiger partial charge in [-0.2, -0.15) is 0 Å². The monoisotopic (exact) mass is 520 g/mol. The Morgan fingerprint density at radius 2 is 0.700 bits per heavy atom. The van der Waals surface area contributed by atoms with Crippen molar-refractivity contribution in [3.63, 3.8) is 0 Å². The first-order valence-electron chi connectivity index (χ1n) is 12.6. The van der Waals surface area contributed by atoms with Gasteiger partial charge in [0, 0.05) is 22.3 Å². The lowest BCUT2D eigenvalue weighted by Gasteiger charge is -2.02. The van der Waals surface area contributed by atoms with Gasteiger partial charge in [0.05, 0.1) is 11.4 Å². The molecule has 0 aliphatic heterocycles. The fourth-order valence-corrected chi connectivity index (χ4v) is 4.32. The summed E-state index contributed by atoms with van der Waals surface area (Å²) in [6, 6.07) is 38.9. The minimum atomic E-state index is 0.336. The molecule has 8 nitrogen and oxygen atoms in total. The minimum Gasteiger partial charge on any atom is -0.415 e. The molecule has 0 atom stereocenters. The molecule has 0 amide bonds. The molecule has 0 fully saturated rings. The maximum Gasteiger partial charge on any atom is 0.266 e. The molecule has 0 unspecified atom stereocenters. The minimum absolute atomic E-state index is 0.336. The molecule has 4 heterocycles. The van der Waals surface area contributed by atoms with Crippen molar-refractivity contribution in [1.82, 2.24) is 30.4 Å². The van der Waals surface area contributed by atoms with Gasteiger partial charge in [0.15, 0.2) is 0 Å². The second kappa shape index (κ2) is 10.2. The predicted octanol–water partition coefficient (Wildman–Crippen LogP) is 7.24. The lowest BCUT2D eigenvalue weighted by Crippen LogP contribution is -1.87. The average molecular weight is 521 g/mol. The third-order valence-corrected chi connectivity index (χ3v) is 6.28. The predicted molar refractivity (Wildman–Crippen MR) is 150 cm³/mol. The molecule has 7 aromatic rings. The van der Waals surface area contributed by atoms with Gasteiger partial charge in [0.25, 0.3) is 11.8 Å². The molecule has 7 rings (SSSR count). The van der Waals surface area contributed by atoms with E-state index >= 15 is 0 Å². The Bertz CT molecular complexity index is 1780. The zero-order valence-corrected chi connectivity index (χ0v) is 21.0. The third kappa shape index (κ3) is 4.65. The van der Waals surface area contributed by atoms with E-state index < -0.39 is 0 Å². The zero-order valence-electron chi connectivity index (χ0n) is 21.0. The molecule has 0 aliphatic carbocycles. The van der Waals surface area contributed by atoms with Gasteiger partial charge in [-0.3, -0.25) is 0 Å². The zero-order chi connectivity index (χ0) is 26.7. The first-order valence-corrected chi connectivity index (χ1v) is 12.6. The van der Waals surface area contributed by atoms with Crippen molar-refractivity contribution in [3.8, 4) is 68.6 Å². The molecule has 40 heavy (non-hydrogen) atoms. The van der Waals surface area contributed by atoms with Crippen molar-refractivity contribution >= 4 is 0 Å². The lowest BCUT2D eigenvalue weighted by molar-refractivity contribution is 0.580. The van der Waals surface area contributed by atoms with Crippen LogP contribution in [0.2, 0.25) is 0 Å². The summed E-state index contributed by atoms with van der Waals surface area (Å²) in [6.07, 6.45) is 0. The summed E-state index contributed by atoms with van der Waals surface area (Å²) < 4.78 is 12.0. The molecule has 8 heteroatoms. The van der Waals surface area contributed by atoms with Gasteiger partial charge < -0.3 is 8.83 Å². The number of aromatic nitrogens is 6. The Kier molecular flexibility index (Phi) is 5.95. The van der Waals surface area contributed by atoms with Crippen molar-refractivity contribution in [1.29, 1.82) is 0 Å². The molecule has 0 saturated heterocycles. The van der Waals surface area contributed by atoms with Crippen LogP contribution in [-0.2, 0) is 0 Å². The fourth-order valence-electron chi connectivity index (χ4n) is 4.32. The number of benzene rings is 3. The Hall–Kier alpha value is -5.76. The van der Waals surface area contributed by atoms with E-state index in [0.29, 0.717) is 35.0 Å². The third-order valence-electron chi connectivity index (χ3n) is 6.28. The number of hydrogen-bond acceptors (Lipinski definition) is 8. The summed E-state index contributed by atoms with van der Waals surface area (Å²) in [5.74, 6) is 1.40. The van der Waals surface area contributed by atoms with Crippen molar-refractivity contribution in [3.05, 3.63) is 121 Å². The van der Waals surface area contributed by atoms with Crippen molar-refractivity contribution in [2.45, 2.75) is 0 Å². The van der Waals surface area contributed by atoms with Crippen LogP contribution in [-0.4, -0.2) is 30.4 Å². The normalized spacial score (nSPS) is 11.0. The van der Waals surface area contributed by atoms with Gasteiger partial charge in [-0.15, -0.1) is 20.4 Å². The first kappa shape index (κ1) is 23.4. The Morgan fingerprint density at radius 1 is 0.325 bits per heavy atom. The number of hydrogen-bond donors (Lipinski definition) is 0. The second-order valence-corrected chi connectivity index (χ2v) is 8.95. The molecule has 0 saturated carbocycles. The molecule has 0 radical (unpaired) electrons. The summed E-state index contributed by atoms with van der Waals surface area (Å²) in [5, 5.41) is 17.0. The van der Waals surface area contributed by atoms with Crippen LogP contribution in [0.4, 0.5) is 0 Å². The quantitative estimate of drug-likeness (QED) is 0.226. The van der Waals surface area contributed by atoms with E-state index in [0.717, 1.165) is 33.6 Å². The molecule has 0 N–H and O–H groups in total. The van der Waals surface area contributed by atoms with E-state index in [1.54, 1.807) is 0 Å². The van der Waals surface area contributed by atoms with Crippen molar-refractivity contribution < 1.29 is 8.83 Å². The average Bonchev–Trinajstić information content (AvgIpc) is 3.74. The highest BCUT2D eigenvalue weighted by molar-refractivity contribution is 5.67.